The van der Waals surface area contributed by atoms with Gasteiger partial charge in [0.1, 0.15) is 0 Å². The Morgan fingerprint density at radius 1 is 0.829 bits per heavy atom. The van der Waals surface area contributed by atoms with Crippen LogP contribution in [0.5, 0.6) is 0 Å². The summed E-state index contributed by atoms with van der Waals surface area (Å²) in [4.78, 5) is 0. The molecule has 0 bridgehead atoms. The van der Waals surface area contributed by atoms with Crippen LogP contribution in [-0.2, 0) is 18.1 Å². The van der Waals surface area contributed by atoms with Gasteiger partial charge < -0.3 is 4.52 Å². The summed E-state index contributed by atoms with van der Waals surface area (Å²) in [6.45, 7) is 4.36. The zero-order valence-corrected chi connectivity index (χ0v) is 26.2. The highest BCUT2D eigenvalue weighted by Crippen LogP contribution is 2.53. The van der Waals surface area contributed by atoms with Crippen LogP contribution in [0.25, 0.3) is 11.1 Å². The molecule has 4 nitrogen and oxygen atoms in total. The Kier molecular flexibility index (Phi) is 15.6. The monoisotopic (exact) mass is 658 g/mol. The second kappa shape index (κ2) is 16.3. The molecule has 35 heavy (non-hydrogen) atoms. The summed E-state index contributed by atoms with van der Waals surface area (Å²) >= 11 is 41.3. The zero-order valence-electron chi connectivity index (χ0n) is 19.1. The Morgan fingerprint density at radius 2 is 1.37 bits per heavy atom. The average molecular weight is 662 g/mol. The quantitative estimate of drug-likeness (QED) is 0.152. The smallest absolute Gasteiger partial charge is 0.402 e. The molecule has 2 rings (SSSR count). The van der Waals surface area contributed by atoms with E-state index in [4.69, 9.17) is 85.7 Å². The van der Waals surface area contributed by atoms with E-state index in [0.717, 1.165) is 28.7 Å². The third-order valence-corrected chi connectivity index (χ3v) is 10.5. The summed E-state index contributed by atoms with van der Waals surface area (Å²) in [5, 5.41) is 3.22. The molecule has 0 atom stereocenters. The molecule has 194 valence electrons. The predicted molar refractivity (Wildman–Crippen MR) is 156 cm³/mol. The third-order valence-electron chi connectivity index (χ3n) is 4.45. The highest BCUT2D eigenvalue weighted by atomic mass is 35.5. The van der Waals surface area contributed by atoms with E-state index in [9.17, 15) is 4.57 Å². The summed E-state index contributed by atoms with van der Waals surface area (Å²) in [6.07, 6.45) is 2.23. The first-order valence-electron chi connectivity index (χ1n) is 9.87. The molecule has 13 heteroatoms. The maximum absolute atomic E-state index is 11.9. The van der Waals surface area contributed by atoms with Gasteiger partial charge in [-0.3, -0.25) is 9.05 Å². The highest BCUT2D eigenvalue weighted by molar-refractivity contribution is 7.68. The van der Waals surface area contributed by atoms with Crippen molar-refractivity contribution in [2.24, 2.45) is 0 Å². The van der Waals surface area contributed by atoms with Gasteiger partial charge in [-0.15, -0.1) is 0 Å². The third kappa shape index (κ3) is 9.86. The van der Waals surface area contributed by atoms with Gasteiger partial charge in [0.05, 0.1) is 15.1 Å². The molecule has 0 spiro atoms. The summed E-state index contributed by atoms with van der Waals surface area (Å²) < 4.78 is 26.3. The summed E-state index contributed by atoms with van der Waals surface area (Å²) in [7, 11) is -1.63. The number of rotatable bonds is 9. The number of hydrogen-bond acceptors (Lipinski definition) is 4. The van der Waals surface area contributed by atoms with E-state index in [-0.39, 0.29) is 28.7 Å². The minimum absolute atomic E-state index is 0.0164. The molecular weight excluding hydrogens is 638 g/mol. The van der Waals surface area contributed by atoms with Crippen LogP contribution in [0.4, 0.5) is 0 Å². The molecule has 2 aromatic carbocycles. The first-order valence-corrected chi connectivity index (χ1v) is 15.8. The predicted octanol–water partition coefficient (Wildman–Crippen LogP) is 11.7. The highest BCUT2D eigenvalue weighted by Gasteiger charge is 2.27. The fourth-order valence-corrected chi connectivity index (χ4v) is 7.13. The fraction of sp³-hybridized carbons (Fsp3) is 0.273. The van der Waals surface area contributed by atoms with Crippen LogP contribution >= 0.6 is 97.0 Å². The Hall–Kier alpha value is 0.330. The van der Waals surface area contributed by atoms with Crippen molar-refractivity contribution in [3.05, 3.63) is 77.6 Å². The van der Waals surface area contributed by atoms with Gasteiger partial charge in [-0.05, 0) is 41.9 Å². The van der Waals surface area contributed by atoms with Crippen molar-refractivity contribution in [1.82, 2.24) is 0 Å². The lowest BCUT2D eigenvalue weighted by Crippen LogP contribution is -1.96. The van der Waals surface area contributed by atoms with Crippen molar-refractivity contribution in [3.63, 3.8) is 0 Å². The summed E-state index contributed by atoms with van der Waals surface area (Å²) in [5.74, 6) is -0.0164. The van der Waals surface area contributed by atoms with Gasteiger partial charge in [0.25, 0.3) is 0 Å². The number of benzene rings is 2. The standard InChI is InChI=1S/C12H14Cl3P.C10H9Cl4O4P/c1-3-16(4-2)12(8-13)10-6-5-9(14)7-11(10)15;1-16-19(15,17-2)18-10(5-11)6-3-8(13)9(14)4-7(6)12/h5-8H,3-4H2,1-2H3;3-5H,1-2H3. The van der Waals surface area contributed by atoms with Crippen LogP contribution in [0.2, 0.25) is 25.1 Å². The second-order valence-electron chi connectivity index (χ2n) is 6.41. The van der Waals surface area contributed by atoms with E-state index in [1.54, 1.807) is 11.6 Å². The number of phosphoric ester groups is 1. The van der Waals surface area contributed by atoms with Crippen LogP contribution < -0.4 is 0 Å². The average Bonchev–Trinajstić information content (AvgIpc) is 2.84. The van der Waals surface area contributed by atoms with Gasteiger partial charge in [-0.1, -0.05) is 109 Å². The lowest BCUT2D eigenvalue weighted by molar-refractivity contribution is 0.201. The van der Waals surface area contributed by atoms with Gasteiger partial charge in [0.2, 0.25) is 0 Å². The topological polar surface area (TPSA) is 44.8 Å². The summed E-state index contributed by atoms with van der Waals surface area (Å²) in [6, 6.07) is 8.39. The molecule has 0 saturated carbocycles. The SMILES string of the molecule is CCP(CC)C(=CCl)c1ccc(Cl)cc1Cl.COP(=O)(OC)OC(=CCl)c1cc(Cl)c(Cl)cc1Cl. The molecule has 0 unspecified atom stereocenters. The van der Waals surface area contributed by atoms with Crippen LogP contribution in [0, 0.1) is 0 Å². The van der Waals surface area contributed by atoms with Crippen molar-refractivity contribution in [2.75, 3.05) is 26.5 Å². The first-order chi connectivity index (χ1) is 16.5. The molecule has 0 N–H and O–H groups in total. The second-order valence-corrected chi connectivity index (χ2v) is 13.5. The van der Waals surface area contributed by atoms with Gasteiger partial charge in [0, 0.05) is 46.5 Å². The van der Waals surface area contributed by atoms with E-state index >= 15 is 0 Å². The van der Waals surface area contributed by atoms with Crippen molar-refractivity contribution in [2.45, 2.75) is 13.8 Å². The van der Waals surface area contributed by atoms with E-state index in [2.05, 4.69) is 22.9 Å². The first kappa shape index (κ1) is 33.4. The maximum atomic E-state index is 11.9. The number of phosphoric acid groups is 1. The Morgan fingerprint density at radius 3 is 1.83 bits per heavy atom. The van der Waals surface area contributed by atoms with Crippen LogP contribution in [0.3, 0.4) is 0 Å². The van der Waals surface area contributed by atoms with Gasteiger partial charge >= 0.3 is 7.82 Å². The molecule has 0 radical (unpaired) electrons. The van der Waals surface area contributed by atoms with E-state index in [0.29, 0.717) is 15.6 Å². The van der Waals surface area contributed by atoms with E-state index in [1.165, 1.54) is 26.4 Å². The van der Waals surface area contributed by atoms with Gasteiger partial charge in [-0.2, -0.15) is 0 Å². The molecule has 0 heterocycles. The van der Waals surface area contributed by atoms with Crippen molar-refractivity contribution < 1.29 is 18.1 Å². The van der Waals surface area contributed by atoms with Crippen molar-refractivity contribution >= 4 is 108 Å². The fourth-order valence-electron chi connectivity index (χ4n) is 2.67. The molecule has 0 saturated heterocycles. The molecule has 0 aliphatic heterocycles. The molecular formula is C22H23Cl7O4P2. The summed E-state index contributed by atoms with van der Waals surface area (Å²) in [5.41, 5.74) is 4.01. The van der Waals surface area contributed by atoms with Crippen LogP contribution in [0.15, 0.2) is 41.4 Å². The normalized spacial score (nSPS) is 12.5. The minimum atomic E-state index is -3.75. The van der Waals surface area contributed by atoms with E-state index < -0.39 is 7.82 Å². The van der Waals surface area contributed by atoms with Gasteiger partial charge in [-0.25, -0.2) is 4.57 Å². The van der Waals surface area contributed by atoms with Crippen LogP contribution in [-0.4, -0.2) is 26.5 Å². The lowest BCUT2D eigenvalue weighted by Gasteiger charge is -2.18. The molecule has 0 aliphatic rings. The minimum Gasteiger partial charge on any atom is -0.402 e. The lowest BCUT2D eigenvalue weighted by atomic mass is 10.2. The molecule has 0 amide bonds. The Balaban J connectivity index is 0.000000355. The largest absolute Gasteiger partial charge is 0.529 e. The zero-order chi connectivity index (χ0) is 26.8. The van der Waals surface area contributed by atoms with E-state index in [1.807, 2.05) is 12.1 Å². The van der Waals surface area contributed by atoms with Crippen molar-refractivity contribution in [3.8, 4) is 0 Å². The van der Waals surface area contributed by atoms with Crippen LogP contribution in [0.1, 0.15) is 25.0 Å². The molecule has 0 aliphatic carbocycles. The maximum Gasteiger partial charge on any atom is 0.529 e. The number of hydrogen-bond donors (Lipinski definition) is 0. The van der Waals surface area contributed by atoms with Crippen molar-refractivity contribution in [1.29, 1.82) is 0 Å². The Bertz CT molecular complexity index is 1100. The van der Waals surface area contributed by atoms with Gasteiger partial charge in [0.15, 0.2) is 5.76 Å². The Labute approximate surface area is 242 Å². The molecule has 0 fully saturated rings. The number of halogens is 7. The molecule has 0 aromatic heterocycles. The molecule has 2 aromatic rings.